The van der Waals surface area contributed by atoms with E-state index in [-0.39, 0.29) is 43.0 Å². The third-order valence-corrected chi connectivity index (χ3v) is 5.72. The van der Waals surface area contributed by atoms with E-state index in [1.165, 1.54) is 0 Å². The Morgan fingerprint density at radius 3 is 2.62 bits per heavy atom. The van der Waals surface area contributed by atoms with Gasteiger partial charge in [-0.15, -0.1) is 0 Å². The first-order valence-corrected chi connectivity index (χ1v) is 9.84. The summed E-state index contributed by atoms with van der Waals surface area (Å²) in [4.78, 5) is 32.0. The van der Waals surface area contributed by atoms with Gasteiger partial charge in [0.2, 0.25) is 11.8 Å². The maximum atomic E-state index is 12.5. The van der Waals surface area contributed by atoms with Crippen LogP contribution in [0.5, 0.6) is 0 Å². The Hall–Kier alpha value is -3.17. The lowest BCUT2D eigenvalue weighted by atomic mass is 9.73. The van der Waals surface area contributed by atoms with Crippen molar-refractivity contribution in [1.82, 2.24) is 14.8 Å². The zero-order chi connectivity index (χ0) is 20.4. The number of piperazine rings is 1. The molecule has 29 heavy (non-hydrogen) atoms. The number of rotatable bonds is 3. The normalized spacial score (nSPS) is 23.0. The highest BCUT2D eigenvalue weighted by molar-refractivity contribution is 5.87. The predicted octanol–water partition coefficient (Wildman–Crippen LogP) is 1.39. The molecule has 0 radical (unpaired) electrons. The fourth-order valence-electron chi connectivity index (χ4n) is 4.28. The van der Waals surface area contributed by atoms with E-state index in [4.69, 9.17) is 0 Å². The van der Waals surface area contributed by atoms with Crippen molar-refractivity contribution in [3.63, 3.8) is 0 Å². The van der Waals surface area contributed by atoms with Crippen molar-refractivity contribution in [3.8, 4) is 11.8 Å². The van der Waals surface area contributed by atoms with Crippen molar-refractivity contribution < 1.29 is 14.7 Å². The van der Waals surface area contributed by atoms with E-state index in [1.807, 2.05) is 36.4 Å². The molecule has 2 amide bonds. The number of carbonyl (C=O) groups excluding carboxylic acids is 2. The number of carbonyl (C=O) groups is 2. The summed E-state index contributed by atoms with van der Waals surface area (Å²) in [6, 6.07) is 11.3. The number of fused-ring (bicyclic) bond motifs is 1. The smallest absolute Gasteiger partial charge is 0.242 e. The van der Waals surface area contributed by atoms with Gasteiger partial charge >= 0.3 is 0 Å². The molecule has 4 rings (SSSR count). The second-order valence-electron chi connectivity index (χ2n) is 7.39. The maximum absolute atomic E-state index is 12.5. The van der Waals surface area contributed by atoms with Crippen LogP contribution in [-0.2, 0) is 9.59 Å². The zero-order valence-corrected chi connectivity index (χ0v) is 16.3. The molecule has 2 aliphatic rings. The summed E-state index contributed by atoms with van der Waals surface area (Å²) in [6.07, 6.45) is 3.82. The minimum absolute atomic E-state index is 0.00905. The molecular weight excluding hydrogens is 366 g/mol. The van der Waals surface area contributed by atoms with Crippen molar-refractivity contribution in [2.45, 2.75) is 31.3 Å². The third-order valence-electron chi connectivity index (χ3n) is 5.72. The van der Waals surface area contributed by atoms with Crippen molar-refractivity contribution >= 4 is 11.8 Å². The van der Waals surface area contributed by atoms with Crippen LogP contribution in [-0.4, -0.2) is 63.5 Å². The molecule has 0 saturated carbocycles. The molecule has 0 bridgehead atoms. The average molecular weight is 389 g/mol. The summed E-state index contributed by atoms with van der Waals surface area (Å²) in [7, 11) is 0. The van der Waals surface area contributed by atoms with Crippen LogP contribution in [0, 0.1) is 11.8 Å². The lowest BCUT2D eigenvalue weighted by Gasteiger charge is -2.58. The van der Waals surface area contributed by atoms with Crippen LogP contribution in [0.2, 0.25) is 0 Å². The van der Waals surface area contributed by atoms with Crippen molar-refractivity contribution in [2.24, 2.45) is 0 Å². The number of aliphatic hydroxyl groups excluding tert-OH is 1. The van der Waals surface area contributed by atoms with Gasteiger partial charge in [-0.2, -0.15) is 0 Å². The minimum atomic E-state index is -0.237. The quantitative estimate of drug-likeness (QED) is 0.805. The van der Waals surface area contributed by atoms with Gasteiger partial charge in [0, 0.05) is 42.4 Å². The number of amides is 2. The molecule has 148 valence electrons. The summed E-state index contributed by atoms with van der Waals surface area (Å²) in [5.74, 6) is 6.12. The topological polar surface area (TPSA) is 73.7 Å². The Kier molecular flexibility index (Phi) is 5.32. The summed E-state index contributed by atoms with van der Waals surface area (Å²) in [6.45, 7) is 2.34. The lowest BCUT2D eigenvalue weighted by Crippen LogP contribution is -2.73. The van der Waals surface area contributed by atoms with E-state index < -0.39 is 0 Å². The number of hydrogen-bond acceptors (Lipinski definition) is 4. The lowest BCUT2D eigenvalue weighted by molar-refractivity contribution is -0.166. The summed E-state index contributed by atoms with van der Waals surface area (Å²) >= 11 is 0. The molecule has 2 saturated heterocycles. The number of nitrogens with zero attached hydrogens (tertiary/aromatic N) is 3. The molecule has 2 aromatic rings. The Labute approximate surface area is 170 Å². The molecule has 6 nitrogen and oxygen atoms in total. The van der Waals surface area contributed by atoms with E-state index in [9.17, 15) is 14.7 Å². The third kappa shape index (κ3) is 3.62. The van der Waals surface area contributed by atoms with Gasteiger partial charge in [0.05, 0.1) is 25.2 Å². The van der Waals surface area contributed by atoms with Gasteiger partial charge in [-0.25, -0.2) is 0 Å². The van der Waals surface area contributed by atoms with Gasteiger partial charge in [-0.3, -0.25) is 14.6 Å². The molecule has 1 aromatic carbocycles. The van der Waals surface area contributed by atoms with Crippen LogP contribution in [0.15, 0.2) is 48.8 Å². The summed E-state index contributed by atoms with van der Waals surface area (Å²) in [5.41, 5.74) is 2.79. The number of hydrogen-bond donors (Lipinski definition) is 1. The predicted molar refractivity (Wildman–Crippen MR) is 108 cm³/mol. The van der Waals surface area contributed by atoms with Crippen LogP contribution < -0.4 is 0 Å². The van der Waals surface area contributed by atoms with Crippen molar-refractivity contribution in [2.75, 3.05) is 19.7 Å². The highest BCUT2D eigenvalue weighted by Crippen LogP contribution is 2.42. The largest absolute Gasteiger partial charge is 0.394 e. The van der Waals surface area contributed by atoms with E-state index in [2.05, 4.69) is 16.8 Å². The molecule has 3 heterocycles. The Morgan fingerprint density at radius 2 is 1.97 bits per heavy atom. The molecule has 0 spiro atoms. The Bertz CT molecular complexity index is 962. The first-order chi connectivity index (χ1) is 14.1. The second-order valence-corrected chi connectivity index (χ2v) is 7.39. The van der Waals surface area contributed by atoms with Crippen LogP contribution in [0.3, 0.4) is 0 Å². The van der Waals surface area contributed by atoms with Gasteiger partial charge in [0.1, 0.15) is 0 Å². The van der Waals surface area contributed by atoms with Gasteiger partial charge in [-0.05, 0) is 29.8 Å². The van der Waals surface area contributed by atoms with E-state index in [0.717, 1.165) is 16.7 Å². The Balaban J connectivity index is 1.53. The van der Waals surface area contributed by atoms with E-state index >= 15 is 0 Å². The molecule has 2 fully saturated rings. The molecule has 1 aromatic heterocycles. The molecular formula is C23H23N3O3. The summed E-state index contributed by atoms with van der Waals surface area (Å²) in [5, 5.41) is 9.86. The van der Waals surface area contributed by atoms with Gasteiger partial charge in [0.25, 0.3) is 0 Å². The molecule has 0 aliphatic carbocycles. The fraction of sp³-hybridized carbons (Fsp3) is 0.348. The molecule has 1 N–H and O–H groups in total. The first kappa shape index (κ1) is 19.2. The van der Waals surface area contributed by atoms with Crippen LogP contribution in [0.1, 0.15) is 36.0 Å². The highest BCUT2D eigenvalue weighted by Gasteiger charge is 2.54. The van der Waals surface area contributed by atoms with E-state index in [1.54, 1.807) is 29.1 Å². The fourth-order valence-corrected chi connectivity index (χ4v) is 4.28. The minimum Gasteiger partial charge on any atom is -0.394 e. The highest BCUT2D eigenvalue weighted by atomic mass is 16.3. The second kappa shape index (κ2) is 8.06. The van der Waals surface area contributed by atoms with Gasteiger partial charge in [0.15, 0.2) is 0 Å². The average Bonchev–Trinajstić information content (AvgIpc) is 2.74. The molecule has 3 atom stereocenters. The maximum Gasteiger partial charge on any atom is 0.242 e. The monoisotopic (exact) mass is 389 g/mol. The number of benzene rings is 1. The van der Waals surface area contributed by atoms with E-state index in [0.29, 0.717) is 13.0 Å². The van der Waals surface area contributed by atoms with Gasteiger partial charge in [-0.1, -0.05) is 30.9 Å². The Morgan fingerprint density at radius 1 is 1.21 bits per heavy atom. The van der Waals surface area contributed by atoms with Crippen LogP contribution >= 0.6 is 0 Å². The SMILES string of the molecule is CCC(=O)N1CC(=O)N2[C@H](CO)[C@H](c3ccc(C#Cc4cccnc4)cc3)[C@H]2C1. The van der Waals surface area contributed by atoms with Crippen LogP contribution in [0.4, 0.5) is 0 Å². The van der Waals surface area contributed by atoms with Gasteiger partial charge < -0.3 is 14.9 Å². The number of aliphatic hydroxyl groups is 1. The van der Waals surface area contributed by atoms with Crippen LogP contribution in [0.25, 0.3) is 0 Å². The molecule has 0 unspecified atom stereocenters. The zero-order valence-electron chi connectivity index (χ0n) is 16.3. The number of aromatic nitrogens is 1. The van der Waals surface area contributed by atoms with Crippen molar-refractivity contribution in [3.05, 3.63) is 65.5 Å². The molecule has 2 aliphatic heterocycles. The molecule has 6 heteroatoms. The first-order valence-electron chi connectivity index (χ1n) is 9.84. The summed E-state index contributed by atoms with van der Waals surface area (Å²) < 4.78 is 0. The standard InChI is InChI=1S/C23H23N3O3/c1-2-21(28)25-13-19-23(20(15-27)26(19)22(29)14-25)18-9-7-16(8-10-18)5-6-17-4-3-11-24-12-17/h3-4,7-12,19-20,23,27H,2,13-15H2,1H3/t19-,20-,23-/m1/s1. The number of pyridine rings is 1. The van der Waals surface area contributed by atoms with Crippen molar-refractivity contribution in [1.29, 1.82) is 0 Å².